The molecule has 1 aromatic rings. The number of hydrogen-bond donors (Lipinski definition) is 0. The summed E-state index contributed by atoms with van der Waals surface area (Å²) in [6.07, 6.45) is 0. The minimum absolute atomic E-state index is 0.0297. The fourth-order valence-electron chi connectivity index (χ4n) is 1.06. The van der Waals surface area contributed by atoms with Gasteiger partial charge in [-0.1, -0.05) is 25.4 Å². The Morgan fingerprint density at radius 3 is 2.60 bits per heavy atom. The van der Waals surface area contributed by atoms with Crippen LogP contribution in [0.4, 0.5) is 0 Å². The van der Waals surface area contributed by atoms with Gasteiger partial charge in [0.25, 0.3) is 0 Å². The minimum atomic E-state index is 0.0297. The van der Waals surface area contributed by atoms with Crippen LogP contribution in [0.5, 0.6) is 0 Å². The predicted octanol–water partition coefficient (Wildman–Crippen LogP) is 4.36. The third-order valence-electron chi connectivity index (χ3n) is 1.86. The molecular weight excluding hydrogens is 248 g/mol. The Kier molecular flexibility index (Phi) is 5.16. The van der Waals surface area contributed by atoms with Crippen LogP contribution in [0, 0.1) is 5.92 Å². The summed E-state index contributed by atoms with van der Waals surface area (Å²) in [4.78, 5) is 12.7. The van der Waals surface area contributed by atoms with Gasteiger partial charge in [-0.05, 0) is 30.7 Å². The van der Waals surface area contributed by atoms with E-state index in [1.165, 1.54) is 11.3 Å². The van der Waals surface area contributed by atoms with Gasteiger partial charge in [0.1, 0.15) is 0 Å². The molecule has 1 heterocycles. The number of rotatable bonds is 5. The Labute approximate surface area is 104 Å². The highest BCUT2D eigenvalue weighted by Gasteiger charge is 2.17. The highest BCUT2D eigenvalue weighted by Crippen LogP contribution is 2.26. The number of carbonyl (C=O) groups is 1. The molecule has 1 nitrogen and oxygen atoms in total. The third-order valence-corrected chi connectivity index (χ3v) is 4.68. The van der Waals surface area contributed by atoms with Gasteiger partial charge in [-0.3, -0.25) is 4.79 Å². The Morgan fingerprint density at radius 2 is 2.13 bits per heavy atom. The monoisotopic (exact) mass is 262 g/mol. The maximum atomic E-state index is 11.9. The normalized spacial score (nSPS) is 13.1. The fourth-order valence-corrected chi connectivity index (χ4v) is 3.16. The maximum absolute atomic E-state index is 11.9. The first-order valence-electron chi connectivity index (χ1n) is 4.92. The molecule has 0 aliphatic heterocycles. The van der Waals surface area contributed by atoms with E-state index in [1.807, 2.05) is 13.0 Å². The van der Waals surface area contributed by atoms with Gasteiger partial charge in [-0.25, -0.2) is 0 Å². The first-order valence-corrected chi connectivity index (χ1v) is 7.16. The van der Waals surface area contributed by atoms with Crippen LogP contribution in [0.25, 0.3) is 0 Å². The molecular formula is C11H15ClOS2. The molecule has 0 aliphatic carbocycles. The predicted molar refractivity (Wildman–Crippen MR) is 70.4 cm³/mol. The van der Waals surface area contributed by atoms with Crippen LogP contribution in [0.1, 0.15) is 30.4 Å². The van der Waals surface area contributed by atoms with Crippen molar-refractivity contribution < 1.29 is 4.79 Å². The second kappa shape index (κ2) is 5.92. The summed E-state index contributed by atoms with van der Waals surface area (Å²) >= 11 is 8.87. The number of thioether (sulfide) groups is 1. The van der Waals surface area contributed by atoms with E-state index in [9.17, 15) is 4.79 Å². The van der Waals surface area contributed by atoms with Crippen LogP contribution in [-0.4, -0.2) is 16.8 Å². The molecule has 4 heteroatoms. The Morgan fingerprint density at radius 1 is 1.47 bits per heavy atom. The molecule has 0 bridgehead atoms. The van der Waals surface area contributed by atoms with Gasteiger partial charge in [-0.2, -0.15) is 11.8 Å². The van der Waals surface area contributed by atoms with Gasteiger partial charge in [0.05, 0.1) is 14.5 Å². The van der Waals surface area contributed by atoms with Crippen LogP contribution in [0.15, 0.2) is 12.1 Å². The molecule has 0 spiro atoms. The summed E-state index contributed by atoms with van der Waals surface area (Å²) in [6.45, 7) is 6.28. The summed E-state index contributed by atoms with van der Waals surface area (Å²) in [5.41, 5.74) is 0. The van der Waals surface area contributed by atoms with Crippen LogP contribution in [-0.2, 0) is 0 Å². The van der Waals surface area contributed by atoms with Crippen molar-refractivity contribution in [2.45, 2.75) is 26.0 Å². The van der Waals surface area contributed by atoms with Gasteiger partial charge < -0.3 is 0 Å². The number of Topliss-reactive ketones (excluding diaryl/α,β-unsaturated/α-hetero) is 1. The van der Waals surface area contributed by atoms with Crippen LogP contribution < -0.4 is 0 Å². The largest absolute Gasteiger partial charge is 0.292 e. The lowest BCUT2D eigenvalue weighted by atomic mass is 10.2. The van der Waals surface area contributed by atoms with Gasteiger partial charge in [0, 0.05) is 0 Å². The zero-order valence-corrected chi connectivity index (χ0v) is 11.5. The van der Waals surface area contributed by atoms with Crippen molar-refractivity contribution in [3.63, 3.8) is 0 Å². The summed E-state index contributed by atoms with van der Waals surface area (Å²) in [5, 5.41) is 0.0297. The molecule has 1 unspecified atom stereocenters. The number of carbonyl (C=O) groups excluding carboxylic acids is 1. The molecule has 84 valence electrons. The van der Waals surface area contributed by atoms with Crippen molar-refractivity contribution >= 4 is 40.5 Å². The van der Waals surface area contributed by atoms with Crippen molar-refractivity contribution in [3.05, 3.63) is 21.3 Å². The molecule has 0 fully saturated rings. The SMILES string of the molecule is CC(C)CSC(C)C(=O)c1ccc(Cl)s1. The van der Waals surface area contributed by atoms with E-state index < -0.39 is 0 Å². The summed E-state index contributed by atoms with van der Waals surface area (Å²) in [7, 11) is 0. The van der Waals surface area contributed by atoms with E-state index in [1.54, 1.807) is 17.8 Å². The minimum Gasteiger partial charge on any atom is -0.292 e. The maximum Gasteiger partial charge on any atom is 0.185 e. The molecule has 0 N–H and O–H groups in total. The topological polar surface area (TPSA) is 17.1 Å². The molecule has 0 amide bonds. The molecule has 0 saturated carbocycles. The van der Waals surface area contributed by atoms with E-state index in [4.69, 9.17) is 11.6 Å². The zero-order chi connectivity index (χ0) is 11.4. The summed E-state index contributed by atoms with van der Waals surface area (Å²) in [6, 6.07) is 3.58. The number of halogens is 1. The molecule has 1 aromatic heterocycles. The quantitative estimate of drug-likeness (QED) is 0.734. The van der Waals surface area contributed by atoms with Crippen LogP contribution in [0.2, 0.25) is 4.34 Å². The molecule has 0 aromatic carbocycles. The Hall–Kier alpha value is 0.01000. The van der Waals surface area contributed by atoms with Crippen molar-refractivity contribution in [2.24, 2.45) is 5.92 Å². The second-order valence-electron chi connectivity index (χ2n) is 3.84. The van der Waals surface area contributed by atoms with Crippen molar-refractivity contribution in [3.8, 4) is 0 Å². The smallest absolute Gasteiger partial charge is 0.185 e. The van der Waals surface area contributed by atoms with Crippen molar-refractivity contribution in [1.82, 2.24) is 0 Å². The Balaban J connectivity index is 2.53. The van der Waals surface area contributed by atoms with E-state index in [2.05, 4.69) is 13.8 Å². The molecule has 0 aliphatic rings. The second-order valence-corrected chi connectivity index (χ2v) is 6.93. The van der Waals surface area contributed by atoms with E-state index in [0.29, 0.717) is 10.3 Å². The highest BCUT2D eigenvalue weighted by molar-refractivity contribution is 8.00. The van der Waals surface area contributed by atoms with Crippen LogP contribution >= 0.6 is 34.7 Å². The van der Waals surface area contributed by atoms with Crippen molar-refractivity contribution in [1.29, 1.82) is 0 Å². The number of ketones is 1. The average molecular weight is 263 g/mol. The van der Waals surface area contributed by atoms with Crippen molar-refractivity contribution in [2.75, 3.05) is 5.75 Å². The van der Waals surface area contributed by atoms with Crippen LogP contribution in [0.3, 0.4) is 0 Å². The standard InChI is InChI=1S/C11H15ClOS2/c1-7(2)6-14-8(3)11(13)9-4-5-10(12)15-9/h4-5,7-8H,6H2,1-3H3. The summed E-state index contributed by atoms with van der Waals surface area (Å²) < 4.78 is 0.680. The van der Waals surface area contributed by atoms with Gasteiger partial charge in [0.15, 0.2) is 5.78 Å². The van der Waals surface area contributed by atoms with E-state index >= 15 is 0 Å². The molecule has 15 heavy (non-hydrogen) atoms. The van der Waals surface area contributed by atoms with Gasteiger partial charge in [0.2, 0.25) is 0 Å². The molecule has 0 radical (unpaired) electrons. The zero-order valence-electron chi connectivity index (χ0n) is 9.12. The lowest BCUT2D eigenvalue weighted by Gasteiger charge is -2.10. The molecule has 1 rings (SSSR count). The van der Waals surface area contributed by atoms with Gasteiger partial charge >= 0.3 is 0 Å². The first-order chi connectivity index (χ1) is 7.00. The van der Waals surface area contributed by atoms with E-state index in [-0.39, 0.29) is 11.0 Å². The lowest BCUT2D eigenvalue weighted by Crippen LogP contribution is -2.13. The third kappa shape index (κ3) is 4.17. The number of hydrogen-bond acceptors (Lipinski definition) is 3. The molecule has 0 saturated heterocycles. The van der Waals surface area contributed by atoms with E-state index in [0.717, 1.165) is 10.6 Å². The fraction of sp³-hybridized carbons (Fsp3) is 0.545. The first kappa shape index (κ1) is 13.1. The molecule has 1 atom stereocenters. The lowest BCUT2D eigenvalue weighted by molar-refractivity contribution is 0.0998. The van der Waals surface area contributed by atoms with Gasteiger partial charge in [-0.15, -0.1) is 11.3 Å². The Bertz CT molecular complexity index is 333. The number of thiophene rings is 1. The summed E-state index contributed by atoms with van der Waals surface area (Å²) in [5.74, 6) is 1.83. The average Bonchev–Trinajstić information content (AvgIpc) is 2.60. The highest BCUT2D eigenvalue weighted by atomic mass is 35.5.